The molecular weight excluding hydrogens is 148 g/mol. The van der Waals surface area contributed by atoms with E-state index in [4.69, 9.17) is 5.41 Å². The van der Waals surface area contributed by atoms with E-state index < -0.39 is 0 Å². The lowest BCUT2D eigenvalue weighted by Gasteiger charge is -1.91. The molecule has 0 aliphatic rings. The van der Waals surface area contributed by atoms with Crippen molar-refractivity contribution in [2.24, 2.45) is 0 Å². The minimum absolute atomic E-state index is 0.935. The van der Waals surface area contributed by atoms with Gasteiger partial charge in [0.05, 0.1) is 0 Å². The largest absolute Gasteiger partial charge is 0.359 e. The number of rotatable bonds is 1. The van der Waals surface area contributed by atoms with Gasteiger partial charge in [-0.2, -0.15) is 0 Å². The van der Waals surface area contributed by atoms with Crippen molar-refractivity contribution < 1.29 is 0 Å². The zero-order chi connectivity index (χ0) is 8.55. The van der Waals surface area contributed by atoms with Crippen LogP contribution in [0, 0.1) is 12.3 Å². The van der Waals surface area contributed by atoms with Gasteiger partial charge in [0.25, 0.3) is 0 Å². The maximum atomic E-state index is 7.09. The molecule has 2 nitrogen and oxygen atoms in total. The molecule has 0 aliphatic carbocycles. The summed E-state index contributed by atoms with van der Waals surface area (Å²) in [5, 5.41) is 8.29. The highest BCUT2D eigenvalue weighted by atomic mass is 14.7. The molecule has 12 heavy (non-hydrogen) atoms. The lowest BCUT2D eigenvalue weighted by molar-refractivity contribution is 1.30. The number of H-pyrrole nitrogens is 1. The highest BCUT2D eigenvalue weighted by molar-refractivity contribution is 5.88. The SMILES string of the molecule is Cc1cc2ccc(C=N)cc2[nH]1. The second kappa shape index (κ2) is 2.48. The molecule has 60 valence electrons. The van der Waals surface area contributed by atoms with Crippen LogP contribution in [0.4, 0.5) is 0 Å². The summed E-state index contributed by atoms with van der Waals surface area (Å²) < 4.78 is 0. The van der Waals surface area contributed by atoms with E-state index in [9.17, 15) is 0 Å². The average Bonchev–Trinajstić information content (AvgIpc) is 2.43. The first kappa shape index (κ1) is 7.10. The van der Waals surface area contributed by atoms with Crippen LogP contribution >= 0.6 is 0 Å². The fourth-order valence-electron chi connectivity index (χ4n) is 1.38. The predicted molar refractivity (Wildman–Crippen MR) is 50.9 cm³/mol. The van der Waals surface area contributed by atoms with Crippen LogP contribution in [0.2, 0.25) is 0 Å². The normalized spacial score (nSPS) is 10.4. The smallest absolute Gasteiger partial charge is 0.0462 e. The molecule has 0 aliphatic heterocycles. The third-order valence-electron chi connectivity index (χ3n) is 1.95. The Labute approximate surface area is 70.7 Å². The van der Waals surface area contributed by atoms with E-state index in [1.165, 1.54) is 11.6 Å². The molecule has 2 heteroatoms. The van der Waals surface area contributed by atoms with Gasteiger partial charge in [-0.1, -0.05) is 12.1 Å². The Morgan fingerprint density at radius 2 is 2.17 bits per heavy atom. The molecule has 2 rings (SSSR count). The number of aryl methyl sites for hydroxylation is 1. The van der Waals surface area contributed by atoms with Gasteiger partial charge in [0.1, 0.15) is 0 Å². The minimum Gasteiger partial charge on any atom is -0.359 e. The Hall–Kier alpha value is -1.57. The predicted octanol–water partition coefficient (Wildman–Crippen LogP) is 2.47. The molecule has 1 heterocycles. The van der Waals surface area contributed by atoms with E-state index >= 15 is 0 Å². The molecule has 0 amide bonds. The molecule has 0 atom stereocenters. The summed E-state index contributed by atoms with van der Waals surface area (Å²) in [4.78, 5) is 3.23. The van der Waals surface area contributed by atoms with Gasteiger partial charge in [0, 0.05) is 17.4 Å². The molecule has 0 fully saturated rings. The van der Waals surface area contributed by atoms with Gasteiger partial charge in [-0.25, -0.2) is 0 Å². The van der Waals surface area contributed by atoms with Crippen LogP contribution < -0.4 is 0 Å². The Morgan fingerprint density at radius 1 is 1.33 bits per heavy atom. The fraction of sp³-hybridized carbons (Fsp3) is 0.100. The minimum atomic E-state index is 0.935. The number of nitrogens with one attached hydrogen (secondary N) is 2. The first-order valence-corrected chi connectivity index (χ1v) is 3.89. The van der Waals surface area contributed by atoms with Crippen LogP contribution in [-0.4, -0.2) is 11.2 Å². The van der Waals surface area contributed by atoms with Crippen molar-refractivity contribution in [3.63, 3.8) is 0 Å². The van der Waals surface area contributed by atoms with Crippen molar-refractivity contribution in [3.05, 3.63) is 35.5 Å². The molecule has 0 unspecified atom stereocenters. The standard InChI is InChI=1S/C10H10N2/c1-7-4-9-3-2-8(6-11)5-10(9)12-7/h2-6,11-12H,1H3. The summed E-state index contributed by atoms with van der Waals surface area (Å²) in [7, 11) is 0. The van der Waals surface area contributed by atoms with Crippen molar-refractivity contribution >= 4 is 17.1 Å². The van der Waals surface area contributed by atoms with E-state index in [1.54, 1.807) is 0 Å². The molecule has 1 aromatic heterocycles. The van der Waals surface area contributed by atoms with Crippen LogP contribution in [0.1, 0.15) is 11.3 Å². The average molecular weight is 158 g/mol. The van der Waals surface area contributed by atoms with Crippen molar-refractivity contribution in [1.82, 2.24) is 4.98 Å². The Kier molecular flexibility index (Phi) is 1.47. The number of hydrogen-bond acceptors (Lipinski definition) is 1. The van der Waals surface area contributed by atoms with E-state index in [0.717, 1.165) is 16.8 Å². The maximum absolute atomic E-state index is 7.09. The van der Waals surface area contributed by atoms with E-state index in [0.29, 0.717) is 0 Å². The van der Waals surface area contributed by atoms with Gasteiger partial charge in [-0.15, -0.1) is 0 Å². The van der Waals surface area contributed by atoms with E-state index in [1.807, 2.05) is 25.1 Å². The Balaban J connectivity index is 2.74. The van der Waals surface area contributed by atoms with E-state index in [-0.39, 0.29) is 0 Å². The van der Waals surface area contributed by atoms with Crippen LogP contribution in [0.15, 0.2) is 24.3 Å². The van der Waals surface area contributed by atoms with Gasteiger partial charge >= 0.3 is 0 Å². The van der Waals surface area contributed by atoms with Crippen LogP contribution in [-0.2, 0) is 0 Å². The third-order valence-corrected chi connectivity index (χ3v) is 1.95. The topological polar surface area (TPSA) is 39.6 Å². The van der Waals surface area contributed by atoms with Gasteiger partial charge in [0.15, 0.2) is 0 Å². The molecular formula is C10H10N2. The second-order valence-electron chi connectivity index (χ2n) is 2.94. The molecule has 0 bridgehead atoms. The van der Waals surface area contributed by atoms with Gasteiger partial charge < -0.3 is 10.4 Å². The maximum Gasteiger partial charge on any atom is 0.0462 e. The monoisotopic (exact) mass is 158 g/mol. The number of fused-ring (bicyclic) bond motifs is 1. The zero-order valence-electron chi connectivity index (χ0n) is 6.89. The lowest BCUT2D eigenvalue weighted by Crippen LogP contribution is -1.77. The Bertz CT molecular complexity index is 426. The molecule has 0 spiro atoms. The lowest BCUT2D eigenvalue weighted by atomic mass is 10.2. The number of benzene rings is 1. The van der Waals surface area contributed by atoms with Gasteiger partial charge in [-0.3, -0.25) is 0 Å². The molecule has 1 aromatic carbocycles. The Morgan fingerprint density at radius 3 is 2.92 bits per heavy atom. The summed E-state index contributed by atoms with van der Waals surface area (Å²) in [5.74, 6) is 0. The molecule has 0 saturated heterocycles. The summed E-state index contributed by atoms with van der Waals surface area (Å²) in [6.45, 7) is 2.03. The van der Waals surface area contributed by atoms with Gasteiger partial charge in [0.2, 0.25) is 0 Å². The van der Waals surface area contributed by atoms with Crippen LogP contribution in [0.5, 0.6) is 0 Å². The van der Waals surface area contributed by atoms with Crippen LogP contribution in [0.3, 0.4) is 0 Å². The summed E-state index contributed by atoms with van der Waals surface area (Å²) in [6.07, 6.45) is 1.36. The summed E-state index contributed by atoms with van der Waals surface area (Å²) in [6, 6.07) is 8.06. The zero-order valence-corrected chi connectivity index (χ0v) is 6.89. The van der Waals surface area contributed by atoms with Crippen LogP contribution in [0.25, 0.3) is 10.9 Å². The molecule has 0 radical (unpaired) electrons. The highest BCUT2D eigenvalue weighted by Crippen LogP contribution is 2.15. The first-order chi connectivity index (χ1) is 5.79. The molecule has 2 aromatic rings. The summed E-state index contributed by atoms with van der Waals surface area (Å²) in [5.41, 5.74) is 3.20. The fourth-order valence-corrected chi connectivity index (χ4v) is 1.38. The van der Waals surface area contributed by atoms with Crippen molar-refractivity contribution in [2.75, 3.05) is 0 Å². The third kappa shape index (κ3) is 1.01. The highest BCUT2D eigenvalue weighted by Gasteiger charge is 1.96. The first-order valence-electron chi connectivity index (χ1n) is 3.89. The molecule has 0 saturated carbocycles. The number of aromatic nitrogens is 1. The van der Waals surface area contributed by atoms with Crippen molar-refractivity contribution in [2.45, 2.75) is 6.92 Å². The second-order valence-corrected chi connectivity index (χ2v) is 2.94. The van der Waals surface area contributed by atoms with Crippen molar-refractivity contribution in [1.29, 1.82) is 5.41 Å². The van der Waals surface area contributed by atoms with Crippen molar-refractivity contribution in [3.8, 4) is 0 Å². The van der Waals surface area contributed by atoms with E-state index in [2.05, 4.69) is 11.1 Å². The number of hydrogen-bond donors (Lipinski definition) is 2. The van der Waals surface area contributed by atoms with Gasteiger partial charge in [-0.05, 0) is 30.0 Å². The molecule has 2 N–H and O–H groups in total. The summed E-state index contributed by atoms with van der Waals surface area (Å²) >= 11 is 0. The number of aromatic amines is 1. The quantitative estimate of drug-likeness (QED) is 0.598.